The summed E-state index contributed by atoms with van der Waals surface area (Å²) in [6, 6.07) is 2.51. The van der Waals surface area contributed by atoms with Crippen LogP contribution in [0.4, 0.5) is 5.69 Å². The summed E-state index contributed by atoms with van der Waals surface area (Å²) in [5.41, 5.74) is -0.102. The average molecular weight is 469 g/mol. The molecule has 0 aromatic heterocycles. The van der Waals surface area contributed by atoms with Gasteiger partial charge in [0.05, 0.1) is 18.3 Å². The number of nitro benzene ring substituents is 1. The molecule has 0 bridgehead atoms. The van der Waals surface area contributed by atoms with Crippen LogP contribution >= 0.6 is 45.2 Å². The Morgan fingerprint density at radius 2 is 1.75 bits per heavy atom. The largest absolute Gasteiger partial charge is 0.380 e. The van der Waals surface area contributed by atoms with Crippen LogP contribution in [0.3, 0.4) is 0 Å². The lowest BCUT2D eigenvalue weighted by molar-refractivity contribution is -0.385. The van der Waals surface area contributed by atoms with Gasteiger partial charge in [0, 0.05) is 12.1 Å². The Balaban J connectivity index is 3.28. The van der Waals surface area contributed by atoms with Gasteiger partial charge in [-0.25, -0.2) is 0 Å². The molecule has 6 nitrogen and oxygen atoms in total. The monoisotopic (exact) mass is 469 g/mol. The van der Waals surface area contributed by atoms with E-state index in [-0.39, 0.29) is 11.4 Å². The molecule has 0 radical (unpaired) electrons. The van der Waals surface area contributed by atoms with Crippen molar-refractivity contribution in [3.8, 4) is 5.75 Å². The molecule has 9 heteroatoms. The summed E-state index contributed by atoms with van der Waals surface area (Å²) in [5, 5.41) is 10.5. The van der Waals surface area contributed by atoms with Gasteiger partial charge >= 0.3 is 10.1 Å². The summed E-state index contributed by atoms with van der Waals surface area (Å²) in [4.78, 5) is 9.99. The minimum absolute atomic E-state index is 0.102. The molecule has 0 saturated carbocycles. The summed E-state index contributed by atoms with van der Waals surface area (Å²) < 4.78 is 27.4. The van der Waals surface area contributed by atoms with Gasteiger partial charge in [-0.3, -0.25) is 10.1 Å². The van der Waals surface area contributed by atoms with Crippen molar-refractivity contribution in [3.63, 3.8) is 0 Å². The van der Waals surface area contributed by atoms with Crippen molar-refractivity contribution < 1.29 is 17.5 Å². The molecular weight excluding hydrogens is 464 g/mol. The number of rotatable bonds is 3. The van der Waals surface area contributed by atoms with Gasteiger partial charge in [0.25, 0.3) is 5.69 Å². The summed E-state index contributed by atoms with van der Waals surface area (Å²) in [7, 11) is -3.63. The number of benzene rings is 1. The first-order valence-corrected chi connectivity index (χ1v) is 7.71. The zero-order chi connectivity index (χ0) is 12.5. The Hall–Kier alpha value is -0.170. The Morgan fingerprint density at radius 3 is 2.06 bits per heavy atom. The van der Waals surface area contributed by atoms with E-state index in [1.807, 2.05) is 0 Å². The number of hydrogen-bond donors (Lipinski definition) is 0. The molecule has 1 aromatic carbocycles. The van der Waals surface area contributed by atoms with Crippen LogP contribution < -0.4 is 4.18 Å². The van der Waals surface area contributed by atoms with Crippen LogP contribution in [0.25, 0.3) is 0 Å². The molecule has 0 N–H and O–H groups in total. The SMILES string of the molecule is CS(=O)(=O)Oc1c(I)cc([N+](=O)[O-])cc1I. The smallest absolute Gasteiger partial charge is 0.306 e. The first-order chi connectivity index (χ1) is 7.20. The van der Waals surface area contributed by atoms with Crippen molar-refractivity contribution in [2.75, 3.05) is 6.26 Å². The molecule has 16 heavy (non-hydrogen) atoms. The van der Waals surface area contributed by atoms with Gasteiger partial charge in [0.2, 0.25) is 0 Å². The van der Waals surface area contributed by atoms with E-state index in [1.165, 1.54) is 12.1 Å². The highest BCUT2D eigenvalue weighted by Crippen LogP contribution is 2.32. The fourth-order valence-corrected chi connectivity index (χ4v) is 3.62. The quantitative estimate of drug-likeness (QED) is 0.293. The van der Waals surface area contributed by atoms with E-state index in [2.05, 4.69) is 0 Å². The molecule has 0 aliphatic heterocycles. The van der Waals surface area contributed by atoms with Crippen LogP contribution in [0.2, 0.25) is 0 Å². The highest BCUT2D eigenvalue weighted by Gasteiger charge is 2.17. The third kappa shape index (κ3) is 3.69. The molecule has 0 atom stereocenters. The molecule has 0 aliphatic rings. The molecule has 88 valence electrons. The lowest BCUT2D eigenvalue weighted by Gasteiger charge is -2.07. The second-order valence-electron chi connectivity index (χ2n) is 2.78. The normalized spacial score (nSPS) is 11.2. The van der Waals surface area contributed by atoms with E-state index >= 15 is 0 Å². The number of nitro groups is 1. The van der Waals surface area contributed by atoms with E-state index in [9.17, 15) is 18.5 Å². The van der Waals surface area contributed by atoms with Gasteiger partial charge in [-0.15, -0.1) is 0 Å². The second kappa shape index (κ2) is 5.00. The van der Waals surface area contributed by atoms with Crippen LogP contribution in [0.1, 0.15) is 0 Å². The molecule has 0 saturated heterocycles. The van der Waals surface area contributed by atoms with Crippen LogP contribution in [0, 0.1) is 17.3 Å². The van der Waals surface area contributed by atoms with Gasteiger partial charge < -0.3 is 4.18 Å². The van der Waals surface area contributed by atoms with Crippen molar-refractivity contribution in [1.82, 2.24) is 0 Å². The number of nitrogens with zero attached hydrogens (tertiary/aromatic N) is 1. The first-order valence-electron chi connectivity index (χ1n) is 3.73. The van der Waals surface area contributed by atoms with Crippen LogP contribution in [-0.4, -0.2) is 19.6 Å². The van der Waals surface area contributed by atoms with Crippen molar-refractivity contribution in [2.45, 2.75) is 0 Å². The predicted octanol–water partition coefficient (Wildman–Crippen LogP) is 2.14. The summed E-state index contributed by atoms with van der Waals surface area (Å²) in [5.74, 6) is 0.120. The number of non-ortho nitro benzene ring substituents is 1. The topological polar surface area (TPSA) is 86.5 Å². The Bertz CT molecular complexity index is 519. The molecular formula is C7H5I2NO5S. The maximum absolute atomic E-state index is 11.0. The van der Waals surface area contributed by atoms with E-state index in [0.717, 1.165) is 6.26 Å². The minimum atomic E-state index is -3.63. The van der Waals surface area contributed by atoms with Gasteiger partial charge in [-0.2, -0.15) is 8.42 Å². The maximum atomic E-state index is 11.0. The number of hydrogen-bond acceptors (Lipinski definition) is 5. The summed E-state index contributed by atoms with van der Waals surface area (Å²) >= 11 is 3.57. The Morgan fingerprint density at radius 1 is 1.31 bits per heavy atom. The molecule has 0 spiro atoms. The predicted molar refractivity (Wildman–Crippen MR) is 74.0 cm³/mol. The highest BCUT2D eigenvalue weighted by atomic mass is 127. The minimum Gasteiger partial charge on any atom is -0.380 e. The van der Waals surface area contributed by atoms with Crippen molar-refractivity contribution in [3.05, 3.63) is 29.4 Å². The van der Waals surface area contributed by atoms with Crippen LogP contribution in [0.15, 0.2) is 12.1 Å². The highest BCUT2D eigenvalue weighted by molar-refractivity contribution is 14.1. The van der Waals surface area contributed by atoms with Crippen molar-refractivity contribution >= 4 is 61.0 Å². The maximum Gasteiger partial charge on any atom is 0.306 e. The molecule has 0 aliphatic carbocycles. The fourth-order valence-electron chi connectivity index (χ4n) is 0.883. The fraction of sp³-hybridized carbons (Fsp3) is 0.143. The summed E-state index contributed by atoms with van der Waals surface area (Å²) in [6.45, 7) is 0. The third-order valence-electron chi connectivity index (χ3n) is 1.43. The second-order valence-corrected chi connectivity index (χ2v) is 6.68. The van der Waals surface area contributed by atoms with Crippen molar-refractivity contribution in [2.24, 2.45) is 0 Å². The zero-order valence-electron chi connectivity index (χ0n) is 7.81. The molecule has 1 aromatic rings. The lowest BCUT2D eigenvalue weighted by atomic mass is 10.3. The van der Waals surface area contributed by atoms with Crippen LogP contribution in [0.5, 0.6) is 5.75 Å². The Labute approximate surface area is 119 Å². The van der Waals surface area contributed by atoms with Crippen molar-refractivity contribution in [1.29, 1.82) is 0 Å². The van der Waals surface area contributed by atoms with Gasteiger partial charge in [-0.05, 0) is 45.2 Å². The standard InChI is InChI=1S/C7H5I2NO5S/c1-16(13,14)15-7-5(8)2-4(10(11)12)3-6(7)9/h2-3H,1H3. The van der Waals surface area contributed by atoms with E-state index in [1.54, 1.807) is 45.2 Å². The van der Waals surface area contributed by atoms with Gasteiger partial charge in [-0.1, -0.05) is 0 Å². The molecule has 0 fully saturated rings. The van der Waals surface area contributed by atoms with E-state index in [0.29, 0.717) is 7.14 Å². The van der Waals surface area contributed by atoms with Gasteiger partial charge in [0.1, 0.15) is 0 Å². The van der Waals surface area contributed by atoms with E-state index in [4.69, 9.17) is 4.18 Å². The molecule has 0 unspecified atom stereocenters. The summed E-state index contributed by atoms with van der Waals surface area (Å²) in [6.07, 6.45) is 0.917. The van der Waals surface area contributed by atoms with Crippen LogP contribution in [-0.2, 0) is 10.1 Å². The molecule has 0 amide bonds. The zero-order valence-corrected chi connectivity index (χ0v) is 12.9. The first kappa shape index (κ1) is 13.9. The average Bonchev–Trinajstić information content (AvgIpc) is 2.09. The number of halogens is 2. The Kier molecular flexibility index (Phi) is 4.34. The van der Waals surface area contributed by atoms with Gasteiger partial charge in [0.15, 0.2) is 5.75 Å². The van der Waals surface area contributed by atoms with E-state index < -0.39 is 15.0 Å². The molecule has 0 heterocycles. The third-order valence-corrected chi connectivity index (χ3v) is 3.50. The molecule has 1 rings (SSSR count). The lowest BCUT2D eigenvalue weighted by Crippen LogP contribution is -2.08.